The highest BCUT2D eigenvalue weighted by Crippen LogP contribution is 2.18. The van der Waals surface area contributed by atoms with Crippen LogP contribution >= 0.6 is 11.6 Å². The summed E-state index contributed by atoms with van der Waals surface area (Å²) in [6.07, 6.45) is 1.52. The highest BCUT2D eigenvalue weighted by molar-refractivity contribution is 6.30. The first-order valence-electron chi connectivity index (χ1n) is 3.76. The molecule has 0 saturated carbocycles. The van der Waals surface area contributed by atoms with E-state index in [9.17, 15) is 5.11 Å². The molecule has 0 fully saturated rings. The molecule has 0 unspecified atom stereocenters. The lowest BCUT2D eigenvalue weighted by molar-refractivity contribution is 0.433. The van der Waals surface area contributed by atoms with E-state index in [0.29, 0.717) is 5.02 Å². The summed E-state index contributed by atoms with van der Waals surface area (Å²) >= 11 is 5.79. The van der Waals surface area contributed by atoms with Crippen LogP contribution in [0.4, 0.5) is 0 Å². The van der Waals surface area contributed by atoms with Gasteiger partial charge in [-0.1, -0.05) is 17.7 Å². The van der Waals surface area contributed by atoms with Gasteiger partial charge in [0.1, 0.15) is 0 Å². The van der Waals surface area contributed by atoms with E-state index in [1.807, 2.05) is 6.07 Å². The molecule has 4 heteroatoms. The third-order valence-electron chi connectivity index (χ3n) is 1.68. The number of benzene rings is 1. The molecule has 0 aliphatic carbocycles. The Morgan fingerprint density at radius 3 is 2.77 bits per heavy atom. The molecule has 0 atom stereocenters. The molecule has 3 nitrogen and oxygen atoms in total. The largest absolute Gasteiger partial charge is 0.493 e. The molecular formula is C9H7ClN2O. The Balaban J connectivity index is 2.53. The zero-order valence-electron chi connectivity index (χ0n) is 6.68. The lowest BCUT2D eigenvalue weighted by Crippen LogP contribution is -1.94. The maximum atomic E-state index is 9.35. The smallest absolute Gasteiger partial charge is 0.214 e. The molecule has 0 spiro atoms. The number of halogens is 1. The molecule has 2 rings (SSSR count). The fraction of sp³-hybridized carbons (Fsp3) is 0. The Bertz CT molecular complexity index is 425. The SMILES string of the molecule is Oc1ccnn1-c1cccc(Cl)c1. The van der Waals surface area contributed by atoms with Crippen LogP contribution in [0, 0.1) is 0 Å². The minimum atomic E-state index is 0.0993. The zero-order valence-corrected chi connectivity index (χ0v) is 7.44. The number of aromatic nitrogens is 2. The second-order valence-electron chi connectivity index (χ2n) is 2.58. The minimum Gasteiger partial charge on any atom is -0.493 e. The molecular weight excluding hydrogens is 188 g/mol. The van der Waals surface area contributed by atoms with Gasteiger partial charge in [-0.25, -0.2) is 4.68 Å². The Morgan fingerprint density at radius 1 is 1.31 bits per heavy atom. The Morgan fingerprint density at radius 2 is 2.15 bits per heavy atom. The molecule has 1 aromatic carbocycles. The van der Waals surface area contributed by atoms with Gasteiger partial charge in [0.15, 0.2) is 0 Å². The van der Waals surface area contributed by atoms with E-state index in [2.05, 4.69) is 5.10 Å². The number of nitrogens with zero attached hydrogens (tertiary/aromatic N) is 2. The highest BCUT2D eigenvalue weighted by atomic mass is 35.5. The van der Waals surface area contributed by atoms with Crippen LogP contribution in [0.1, 0.15) is 0 Å². The lowest BCUT2D eigenvalue weighted by atomic mass is 10.3. The highest BCUT2D eigenvalue weighted by Gasteiger charge is 2.02. The summed E-state index contributed by atoms with van der Waals surface area (Å²) in [6.45, 7) is 0. The van der Waals surface area contributed by atoms with Crippen molar-refractivity contribution < 1.29 is 5.11 Å². The van der Waals surface area contributed by atoms with Crippen LogP contribution in [0.2, 0.25) is 5.02 Å². The Labute approximate surface area is 80.2 Å². The molecule has 2 aromatic rings. The average molecular weight is 195 g/mol. The van der Waals surface area contributed by atoms with Gasteiger partial charge >= 0.3 is 0 Å². The zero-order chi connectivity index (χ0) is 9.26. The normalized spacial score (nSPS) is 10.2. The first-order valence-corrected chi connectivity index (χ1v) is 4.14. The van der Waals surface area contributed by atoms with Gasteiger partial charge in [0.2, 0.25) is 5.88 Å². The first kappa shape index (κ1) is 8.13. The molecule has 1 heterocycles. The third-order valence-corrected chi connectivity index (χ3v) is 1.91. The predicted molar refractivity (Wildman–Crippen MR) is 50.2 cm³/mol. The second kappa shape index (κ2) is 3.11. The first-order chi connectivity index (χ1) is 6.27. The van der Waals surface area contributed by atoms with E-state index in [1.165, 1.54) is 16.9 Å². The van der Waals surface area contributed by atoms with E-state index in [-0.39, 0.29) is 5.88 Å². The maximum absolute atomic E-state index is 9.35. The molecule has 0 saturated heterocycles. The van der Waals surface area contributed by atoms with E-state index in [0.717, 1.165) is 5.69 Å². The van der Waals surface area contributed by atoms with Gasteiger partial charge < -0.3 is 5.11 Å². The summed E-state index contributed by atoms with van der Waals surface area (Å²) < 4.78 is 1.41. The van der Waals surface area contributed by atoms with Crippen LogP contribution < -0.4 is 0 Å². The molecule has 13 heavy (non-hydrogen) atoms. The number of hydrogen-bond donors (Lipinski definition) is 1. The van der Waals surface area contributed by atoms with Crippen molar-refractivity contribution in [3.8, 4) is 11.6 Å². The van der Waals surface area contributed by atoms with Crippen molar-refractivity contribution in [2.75, 3.05) is 0 Å². The van der Waals surface area contributed by atoms with Crippen molar-refractivity contribution in [2.45, 2.75) is 0 Å². The summed E-state index contributed by atoms with van der Waals surface area (Å²) in [5.41, 5.74) is 0.745. The summed E-state index contributed by atoms with van der Waals surface area (Å²) in [7, 11) is 0. The third kappa shape index (κ3) is 1.51. The molecule has 0 aliphatic rings. The van der Waals surface area contributed by atoms with Gasteiger partial charge in [0.05, 0.1) is 11.9 Å². The Hall–Kier alpha value is -1.48. The van der Waals surface area contributed by atoms with Crippen molar-refractivity contribution in [1.82, 2.24) is 9.78 Å². The molecule has 0 bridgehead atoms. The summed E-state index contributed by atoms with van der Waals surface area (Å²) in [5.74, 6) is 0.0993. The average Bonchev–Trinajstić information content (AvgIpc) is 2.51. The van der Waals surface area contributed by atoms with Crippen LogP contribution in [0.5, 0.6) is 5.88 Å². The number of hydrogen-bond acceptors (Lipinski definition) is 2. The summed E-state index contributed by atoms with van der Waals surface area (Å²) in [6, 6.07) is 8.64. The van der Waals surface area contributed by atoms with Crippen LogP contribution in [-0.4, -0.2) is 14.9 Å². The minimum absolute atomic E-state index is 0.0993. The van der Waals surface area contributed by atoms with Gasteiger partial charge in [0, 0.05) is 11.1 Å². The van der Waals surface area contributed by atoms with Crippen LogP contribution in [0.3, 0.4) is 0 Å². The van der Waals surface area contributed by atoms with Crippen molar-refractivity contribution in [3.05, 3.63) is 41.6 Å². The molecule has 1 aromatic heterocycles. The van der Waals surface area contributed by atoms with Gasteiger partial charge in [-0.3, -0.25) is 0 Å². The molecule has 0 aliphatic heterocycles. The van der Waals surface area contributed by atoms with Crippen molar-refractivity contribution >= 4 is 11.6 Å². The summed E-state index contributed by atoms with van der Waals surface area (Å²) in [5, 5.41) is 13.9. The van der Waals surface area contributed by atoms with Gasteiger partial charge in [-0.15, -0.1) is 0 Å². The van der Waals surface area contributed by atoms with Gasteiger partial charge in [0.25, 0.3) is 0 Å². The van der Waals surface area contributed by atoms with E-state index >= 15 is 0 Å². The number of rotatable bonds is 1. The summed E-state index contributed by atoms with van der Waals surface area (Å²) in [4.78, 5) is 0. The topological polar surface area (TPSA) is 38.1 Å². The second-order valence-corrected chi connectivity index (χ2v) is 3.02. The van der Waals surface area contributed by atoms with Crippen LogP contribution in [0.15, 0.2) is 36.5 Å². The van der Waals surface area contributed by atoms with Crippen LogP contribution in [0.25, 0.3) is 5.69 Å². The quantitative estimate of drug-likeness (QED) is 0.756. The fourth-order valence-corrected chi connectivity index (χ4v) is 1.29. The number of aromatic hydroxyl groups is 1. The van der Waals surface area contributed by atoms with E-state index in [4.69, 9.17) is 11.6 Å². The molecule has 66 valence electrons. The van der Waals surface area contributed by atoms with E-state index in [1.54, 1.807) is 18.2 Å². The monoisotopic (exact) mass is 194 g/mol. The maximum Gasteiger partial charge on any atom is 0.214 e. The van der Waals surface area contributed by atoms with Crippen LogP contribution in [-0.2, 0) is 0 Å². The lowest BCUT2D eigenvalue weighted by Gasteiger charge is -2.02. The molecule has 1 N–H and O–H groups in total. The van der Waals surface area contributed by atoms with Gasteiger partial charge in [-0.2, -0.15) is 5.10 Å². The van der Waals surface area contributed by atoms with Crippen molar-refractivity contribution in [3.63, 3.8) is 0 Å². The van der Waals surface area contributed by atoms with Crippen molar-refractivity contribution in [1.29, 1.82) is 0 Å². The molecule has 0 radical (unpaired) electrons. The fourth-order valence-electron chi connectivity index (χ4n) is 1.10. The van der Waals surface area contributed by atoms with Gasteiger partial charge in [-0.05, 0) is 18.2 Å². The standard InChI is InChI=1S/C9H7ClN2O/c10-7-2-1-3-8(6-7)12-9(13)4-5-11-12/h1-6,13H. The van der Waals surface area contributed by atoms with E-state index < -0.39 is 0 Å². The Kier molecular flexibility index (Phi) is 1.94. The van der Waals surface area contributed by atoms with Crippen molar-refractivity contribution in [2.24, 2.45) is 0 Å². The molecule has 0 amide bonds. The predicted octanol–water partition coefficient (Wildman–Crippen LogP) is 2.23.